The monoisotopic (exact) mass is 361 g/mol. The molecule has 2 N–H and O–H groups in total. The minimum absolute atomic E-state index is 0.0334. The van der Waals surface area contributed by atoms with Crippen LogP contribution in [0.15, 0.2) is 47.1 Å². The van der Waals surface area contributed by atoms with Crippen LogP contribution in [0.3, 0.4) is 0 Å². The summed E-state index contributed by atoms with van der Waals surface area (Å²) in [6, 6.07) is 11.6. The number of carbonyl (C=O) groups is 1. The van der Waals surface area contributed by atoms with Gasteiger partial charge < -0.3 is 10.6 Å². The van der Waals surface area contributed by atoms with Crippen LogP contribution in [0, 0.1) is 5.92 Å². The van der Waals surface area contributed by atoms with Crippen molar-refractivity contribution in [2.75, 3.05) is 10.6 Å². The van der Waals surface area contributed by atoms with Crippen molar-refractivity contribution >= 4 is 39.0 Å². The average Bonchev–Trinajstić information content (AvgIpc) is 2.53. The van der Waals surface area contributed by atoms with E-state index in [0.29, 0.717) is 5.82 Å². The third-order valence-corrected chi connectivity index (χ3v) is 4.03. The number of hydrogen-bond donors (Lipinski definition) is 2. The number of rotatable bonds is 6. The van der Waals surface area contributed by atoms with Crippen molar-refractivity contribution in [1.82, 2.24) is 4.98 Å². The minimum Gasteiger partial charge on any atom is -0.354 e. The van der Waals surface area contributed by atoms with Crippen molar-refractivity contribution in [2.45, 2.75) is 26.7 Å². The zero-order valence-corrected chi connectivity index (χ0v) is 14.4. The number of carbonyl (C=O) groups excluding carboxylic acids is 1. The Morgan fingerprint density at radius 3 is 2.27 bits per heavy atom. The molecule has 1 amide bonds. The molecule has 0 aliphatic heterocycles. The van der Waals surface area contributed by atoms with Gasteiger partial charge >= 0.3 is 0 Å². The van der Waals surface area contributed by atoms with Gasteiger partial charge in [0, 0.05) is 16.1 Å². The Kier molecular flexibility index (Phi) is 5.95. The van der Waals surface area contributed by atoms with Gasteiger partial charge in [0.2, 0.25) is 5.91 Å². The van der Waals surface area contributed by atoms with Crippen molar-refractivity contribution in [3.8, 4) is 0 Å². The lowest BCUT2D eigenvalue weighted by atomic mass is 10.0. The fourth-order valence-electron chi connectivity index (χ4n) is 2.13. The van der Waals surface area contributed by atoms with E-state index in [1.165, 1.54) is 0 Å². The van der Waals surface area contributed by atoms with E-state index in [2.05, 4.69) is 31.5 Å². The molecule has 1 aromatic heterocycles. The molecule has 0 spiro atoms. The fourth-order valence-corrected chi connectivity index (χ4v) is 2.39. The van der Waals surface area contributed by atoms with Crippen LogP contribution >= 0.6 is 15.9 Å². The zero-order chi connectivity index (χ0) is 15.9. The molecule has 0 aliphatic carbocycles. The Balaban J connectivity index is 1.98. The second-order valence-electron chi connectivity index (χ2n) is 5.07. The topological polar surface area (TPSA) is 54.0 Å². The highest BCUT2D eigenvalue weighted by atomic mass is 79.9. The summed E-state index contributed by atoms with van der Waals surface area (Å²) in [4.78, 5) is 16.3. The molecule has 0 saturated carbocycles. The molecular weight excluding hydrogens is 342 g/mol. The number of nitrogens with one attached hydrogen (secondary N) is 2. The third-order valence-electron chi connectivity index (χ3n) is 3.50. The van der Waals surface area contributed by atoms with Crippen molar-refractivity contribution in [2.24, 2.45) is 5.92 Å². The number of aromatic nitrogens is 1. The number of halogens is 1. The van der Waals surface area contributed by atoms with Crippen molar-refractivity contribution in [3.05, 3.63) is 47.1 Å². The van der Waals surface area contributed by atoms with Crippen LogP contribution in [-0.4, -0.2) is 10.9 Å². The predicted octanol–water partition coefficient (Wildman–Crippen LogP) is 4.96. The second-order valence-corrected chi connectivity index (χ2v) is 5.98. The Morgan fingerprint density at radius 2 is 1.73 bits per heavy atom. The van der Waals surface area contributed by atoms with Gasteiger partial charge in [-0.1, -0.05) is 29.8 Å². The predicted molar refractivity (Wildman–Crippen MR) is 94.4 cm³/mol. The van der Waals surface area contributed by atoms with Crippen LogP contribution < -0.4 is 10.6 Å². The Labute approximate surface area is 139 Å². The maximum atomic E-state index is 12.0. The Hall–Kier alpha value is -1.88. The first-order chi connectivity index (χ1) is 10.6. The lowest BCUT2D eigenvalue weighted by Crippen LogP contribution is -2.22. The average molecular weight is 362 g/mol. The number of pyridine rings is 1. The smallest absolute Gasteiger partial charge is 0.228 e. The summed E-state index contributed by atoms with van der Waals surface area (Å²) in [6.07, 6.45) is 3.39. The number of nitrogens with zero attached hydrogens (tertiary/aromatic N) is 1. The van der Waals surface area contributed by atoms with E-state index < -0.39 is 0 Å². The van der Waals surface area contributed by atoms with E-state index in [1.807, 2.05) is 50.2 Å². The highest BCUT2D eigenvalue weighted by Crippen LogP contribution is 2.20. The third kappa shape index (κ3) is 4.56. The highest BCUT2D eigenvalue weighted by Gasteiger charge is 2.14. The van der Waals surface area contributed by atoms with E-state index in [0.717, 1.165) is 28.7 Å². The molecule has 0 fully saturated rings. The van der Waals surface area contributed by atoms with Gasteiger partial charge in [0.1, 0.15) is 5.82 Å². The summed E-state index contributed by atoms with van der Waals surface area (Å²) in [7, 11) is 0. The SMILES string of the molecule is CCC(CC)C(=O)Nc1ccc(Nc2ccc(Br)cc2)cn1. The summed E-state index contributed by atoms with van der Waals surface area (Å²) >= 11 is 3.41. The minimum atomic E-state index is 0.0334. The van der Waals surface area contributed by atoms with Crippen molar-refractivity contribution in [3.63, 3.8) is 0 Å². The first-order valence-electron chi connectivity index (χ1n) is 7.42. The van der Waals surface area contributed by atoms with Gasteiger partial charge in [-0.15, -0.1) is 0 Å². The molecule has 5 heteroatoms. The highest BCUT2D eigenvalue weighted by molar-refractivity contribution is 9.10. The van der Waals surface area contributed by atoms with Crippen molar-refractivity contribution < 1.29 is 4.79 Å². The van der Waals surface area contributed by atoms with Gasteiger partial charge in [0.15, 0.2) is 0 Å². The van der Waals surface area contributed by atoms with Crippen LogP contribution in [-0.2, 0) is 4.79 Å². The van der Waals surface area contributed by atoms with Crippen LogP contribution in [0.25, 0.3) is 0 Å². The molecule has 0 saturated heterocycles. The summed E-state index contributed by atoms with van der Waals surface area (Å²) < 4.78 is 1.04. The number of amides is 1. The second kappa shape index (κ2) is 7.94. The van der Waals surface area contributed by atoms with Gasteiger partial charge in [-0.3, -0.25) is 4.79 Å². The molecule has 0 unspecified atom stereocenters. The molecule has 0 radical (unpaired) electrons. The first kappa shape index (κ1) is 16.5. The normalized spacial score (nSPS) is 10.5. The van der Waals surface area contributed by atoms with Gasteiger partial charge in [-0.25, -0.2) is 4.98 Å². The Bertz CT molecular complexity index is 607. The number of hydrogen-bond acceptors (Lipinski definition) is 3. The van der Waals surface area contributed by atoms with Crippen LogP contribution in [0.1, 0.15) is 26.7 Å². The molecule has 22 heavy (non-hydrogen) atoms. The van der Waals surface area contributed by atoms with Gasteiger partial charge in [-0.2, -0.15) is 0 Å². The lowest BCUT2D eigenvalue weighted by Gasteiger charge is -2.12. The van der Waals surface area contributed by atoms with E-state index in [-0.39, 0.29) is 11.8 Å². The van der Waals surface area contributed by atoms with Crippen LogP contribution in [0.4, 0.5) is 17.2 Å². The van der Waals surface area contributed by atoms with E-state index in [9.17, 15) is 4.79 Å². The quantitative estimate of drug-likeness (QED) is 0.764. The summed E-state index contributed by atoms with van der Waals surface area (Å²) in [5, 5.41) is 6.12. The molecule has 116 valence electrons. The maximum absolute atomic E-state index is 12.0. The van der Waals surface area contributed by atoms with Gasteiger partial charge in [-0.05, 0) is 49.2 Å². The molecule has 1 aromatic carbocycles. The summed E-state index contributed by atoms with van der Waals surface area (Å²) in [5.74, 6) is 0.659. The molecule has 0 bridgehead atoms. The van der Waals surface area contributed by atoms with Gasteiger partial charge in [0.25, 0.3) is 0 Å². The first-order valence-corrected chi connectivity index (χ1v) is 8.21. The summed E-state index contributed by atoms with van der Waals surface area (Å²) in [5.41, 5.74) is 1.86. The molecule has 2 rings (SSSR count). The molecule has 0 aliphatic rings. The fraction of sp³-hybridized carbons (Fsp3) is 0.294. The molecule has 2 aromatic rings. The van der Waals surface area contributed by atoms with Crippen LogP contribution in [0.5, 0.6) is 0 Å². The van der Waals surface area contributed by atoms with Crippen LogP contribution in [0.2, 0.25) is 0 Å². The van der Waals surface area contributed by atoms with Crippen molar-refractivity contribution in [1.29, 1.82) is 0 Å². The molecule has 4 nitrogen and oxygen atoms in total. The Morgan fingerprint density at radius 1 is 1.09 bits per heavy atom. The van der Waals surface area contributed by atoms with Gasteiger partial charge in [0.05, 0.1) is 11.9 Å². The molecule has 1 heterocycles. The van der Waals surface area contributed by atoms with E-state index in [1.54, 1.807) is 6.20 Å². The largest absolute Gasteiger partial charge is 0.354 e. The standard InChI is InChI=1S/C17H20BrN3O/c1-3-12(4-2)17(22)21-16-10-9-15(11-19-16)20-14-7-5-13(18)6-8-14/h5-12,20H,3-4H2,1-2H3,(H,19,21,22). The summed E-state index contributed by atoms with van der Waals surface area (Å²) in [6.45, 7) is 4.04. The molecular formula is C17H20BrN3O. The van der Waals surface area contributed by atoms with E-state index >= 15 is 0 Å². The number of anilines is 3. The van der Waals surface area contributed by atoms with E-state index in [4.69, 9.17) is 0 Å². The molecule has 0 atom stereocenters. The zero-order valence-electron chi connectivity index (χ0n) is 12.8. The maximum Gasteiger partial charge on any atom is 0.228 e. The lowest BCUT2D eigenvalue weighted by molar-refractivity contribution is -0.120. The number of benzene rings is 1.